The summed E-state index contributed by atoms with van der Waals surface area (Å²) in [4.78, 5) is 36.6. The number of hydrogen-bond acceptors (Lipinski definition) is 6. The minimum atomic E-state index is -5.07. The van der Waals surface area contributed by atoms with Crippen molar-refractivity contribution >= 4 is 6.09 Å². The van der Waals surface area contributed by atoms with E-state index in [0.29, 0.717) is 28.7 Å². The van der Waals surface area contributed by atoms with E-state index in [9.17, 15) is 27.6 Å². The van der Waals surface area contributed by atoms with Crippen LogP contribution in [0.15, 0.2) is 46.1 Å². The fourth-order valence-corrected chi connectivity index (χ4v) is 3.64. The van der Waals surface area contributed by atoms with Gasteiger partial charge in [-0.25, -0.2) is 18.8 Å². The average molecular weight is 490 g/mol. The number of rotatable bonds is 8. The van der Waals surface area contributed by atoms with Crippen molar-refractivity contribution in [3.63, 3.8) is 0 Å². The maximum atomic E-state index is 13.8. The molecule has 0 unspecified atom stereocenters. The predicted molar refractivity (Wildman–Crippen MR) is 118 cm³/mol. The van der Waals surface area contributed by atoms with E-state index in [4.69, 9.17) is 11.0 Å². The van der Waals surface area contributed by atoms with Gasteiger partial charge in [-0.3, -0.25) is 9.36 Å². The molecule has 0 aliphatic carbocycles. The molecule has 1 amide bonds. The van der Waals surface area contributed by atoms with Crippen molar-refractivity contribution in [2.45, 2.75) is 39.0 Å². The van der Waals surface area contributed by atoms with Crippen LogP contribution in [0.4, 0.5) is 18.0 Å². The molecule has 1 aromatic carbocycles. The van der Waals surface area contributed by atoms with Gasteiger partial charge in [-0.2, -0.15) is 10.4 Å². The van der Waals surface area contributed by atoms with Gasteiger partial charge in [-0.15, -0.1) is 13.2 Å². The van der Waals surface area contributed by atoms with Crippen LogP contribution in [-0.4, -0.2) is 31.6 Å². The molecule has 35 heavy (non-hydrogen) atoms. The number of halogens is 3. The molecule has 0 aliphatic heterocycles. The van der Waals surface area contributed by atoms with Gasteiger partial charge < -0.3 is 10.5 Å². The third-order valence-electron chi connectivity index (χ3n) is 5.24. The Balaban J connectivity index is 2.07. The molecule has 3 rings (SSSR count). The maximum Gasteiger partial charge on any atom is 0.492 e. The predicted octanol–water partition coefficient (Wildman–Crippen LogP) is 2.78. The molecule has 2 heterocycles. The molecular formula is C22H21F3N6O4. The number of primary amides is 1. The zero-order valence-electron chi connectivity index (χ0n) is 18.6. The van der Waals surface area contributed by atoms with Crippen LogP contribution < -0.4 is 17.0 Å². The quantitative estimate of drug-likeness (QED) is 0.482. The molecule has 10 nitrogen and oxygen atoms in total. The van der Waals surface area contributed by atoms with Crippen molar-refractivity contribution in [3.05, 3.63) is 68.6 Å². The van der Waals surface area contributed by atoms with Gasteiger partial charge in [0.15, 0.2) is 0 Å². The fourth-order valence-electron chi connectivity index (χ4n) is 3.64. The first-order valence-electron chi connectivity index (χ1n) is 10.5. The first kappa shape index (κ1) is 25.3. The van der Waals surface area contributed by atoms with Gasteiger partial charge >= 0.3 is 18.1 Å². The first-order valence-corrected chi connectivity index (χ1v) is 10.5. The van der Waals surface area contributed by atoms with E-state index in [2.05, 4.69) is 9.84 Å². The Kier molecular flexibility index (Phi) is 7.43. The van der Waals surface area contributed by atoms with Crippen LogP contribution in [0.1, 0.15) is 30.5 Å². The Morgan fingerprint density at radius 2 is 1.83 bits per heavy atom. The summed E-state index contributed by atoms with van der Waals surface area (Å²) in [5.41, 5.74) is 2.40. The van der Waals surface area contributed by atoms with Crippen LogP contribution in [0.2, 0.25) is 0 Å². The zero-order valence-corrected chi connectivity index (χ0v) is 18.6. The Bertz CT molecular complexity index is 1380. The van der Waals surface area contributed by atoms with Crippen LogP contribution in [0.3, 0.4) is 0 Å². The number of aromatic nitrogens is 4. The molecule has 2 aromatic heterocycles. The van der Waals surface area contributed by atoms with Gasteiger partial charge in [0, 0.05) is 12.2 Å². The van der Waals surface area contributed by atoms with Gasteiger partial charge in [0.05, 0.1) is 41.4 Å². The summed E-state index contributed by atoms with van der Waals surface area (Å²) in [5.74, 6) is 0. The summed E-state index contributed by atoms with van der Waals surface area (Å²) in [7, 11) is 0. The molecule has 0 spiro atoms. The van der Waals surface area contributed by atoms with E-state index < -0.39 is 29.3 Å². The average Bonchev–Trinajstić information content (AvgIpc) is 3.26. The number of nitriles is 1. The number of alkyl halides is 3. The van der Waals surface area contributed by atoms with Crippen molar-refractivity contribution in [3.8, 4) is 23.0 Å². The van der Waals surface area contributed by atoms with Gasteiger partial charge in [0.2, 0.25) is 0 Å². The highest BCUT2D eigenvalue weighted by molar-refractivity contribution is 5.64. The number of ether oxygens (including phenoxy) is 1. The second kappa shape index (κ2) is 10.3. The standard InChI is InChI=1S/C22H21F3N6O4/c1-14-18(17-9-10-28-31(17)16-7-5-15(13-26)6-8-16)19(32)29(21(34)30(14)22(23,24)25)11-3-2-4-12-35-20(27)33/h5-10H,2-4,11-12H2,1H3,(H2,27,33). The van der Waals surface area contributed by atoms with E-state index in [0.717, 1.165) is 6.92 Å². The number of hydrogen-bond donors (Lipinski definition) is 1. The summed E-state index contributed by atoms with van der Waals surface area (Å²) in [6, 6.07) is 9.42. The number of nitrogens with zero attached hydrogens (tertiary/aromatic N) is 5. The smallest absolute Gasteiger partial charge is 0.450 e. The molecule has 0 fully saturated rings. The lowest BCUT2D eigenvalue weighted by Gasteiger charge is -2.19. The first-order chi connectivity index (χ1) is 16.6. The third kappa shape index (κ3) is 5.43. The van der Waals surface area contributed by atoms with Crippen molar-refractivity contribution < 1.29 is 22.7 Å². The second-order valence-electron chi connectivity index (χ2n) is 7.52. The Morgan fingerprint density at radius 3 is 2.43 bits per heavy atom. The molecule has 3 aromatic rings. The zero-order chi connectivity index (χ0) is 25.8. The third-order valence-corrected chi connectivity index (χ3v) is 5.24. The molecule has 0 bridgehead atoms. The highest BCUT2D eigenvalue weighted by atomic mass is 19.4. The largest absolute Gasteiger partial charge is 0.492 e. The Morgan fingerprint density at radius 1 is 1.14 bits per heavy atom. The number of carbonyl (C=O) groups excluding carboxylic acids is 1. The normalized spacial score (nSPS) is 11.3. The lowest BCUT2D eigenvalue weighted by molar-refractivity contribution is -0.208. The summed E-state index contributed by atoms with van der Waals surface area (Å²) in [6.45, 7) is 0.787. The van der Waals surface area contributed by atoms with Crippen LogP contribution in [0, 0.1) is 18.3 Å². The van der Waals surface area contributed by atoms with Crippen LogP contribution in [0.5, 0.6) is 0 Å². The van der Waals surface area contributed by atoms with Crippen LogP contribution in [-0.2, 0) is 17.6 Å². The molecule has 0 radical (unpaired) electrons. The van der Waals surface area contributed by atoms with Gasteiger partial charge in [-0.1, -0.05) is 0 Å². The van der Waals surface area contributed by atoms with E-state index in [-0.39, 0.29) is 35.4 Å². The monoisotopic (exact) mass is 490 g/mol. The second-order valence-corrected chi connectivity index (χ2v) is 7.52. The lowest BCUT2D eigenvalue weighted by atomic mass is 10.1. The maximum absolute atomic E-state index is 13.8. The molecule has 184 valence electrons. The van der Waals surface area contributed by atoms with Crippen molar-refractivity contribution in [2.75, 3.05) is 6.61 Å². The topological polar surface area (TPSA) is 138 Å². The lowest BCUT2D eigenvalue weighted by Crippen LogP contribution is -2.46. The highest BCUT2D eigenvalue weighted by Crippen LogP contribution is 2.27. The van der Waals surface area contributed by atoms with E-state index >= 15 is 0 Å². The number of amides is 1. The molecular weight excluding hydrogens is 469 g/mol. The summed E-state index contributed by atoms with van der Waals surface area (Å²) in [5, 5.41) is 13.1. The minimum absolute atomic E-state index is 0.0138. The number of unbranched alkanes of at least 4 members (excludes halogenated alkanes) is 2. The molecule has 0 saturated carbocycles. The number of benzene rings is 1. The van der Waals surface area contributed by atoms with Crippen LogP contribution >= 0.6 is 0 Å². The van der Waals surface area contributed by atoms with Crippen molar-refractivity contribution in [1.82, 2.24) is 18.9 Å². The number of nitrogens with two attached hydrogens (primary N) is 1. The molecule has 0 aliphatic rings. The fraction of sp³-hybridized carbons (Fsp3) is 0.318. The molecule has 0 saturated heterocycles. The Labute approximate surface area is 196 Å². The van der Waals surface area contributed by atoms with Crippen molar-refractivity contribution in [1.29, 1.82) is 5.26 Å². The summed E-state index contributed by atoms with van der Waals surface area (Å²) in [6.07, 6.45) is -3.78. The summed E-state index contributed by atoms with van der Waals surface area (Å²) < 4.78 is 47.6. The molecule has 2 N–H and O–H groups in total. The minimum Gasteiger partial charge on any atom is -0.450 e. The van der Waals surface area contributed by atoms with Gasteiger partial charge in [-0.05, 0) is 56.5 Å². The van der Waals surface area contributed by atoms with E-state index in [1.807, 2.05) is 6.07 Å². The van der Waals surface area contributed by atoms with Gasteiger partial charge in [0.1, 0.15) is 0 Å². The SMILES string of the molecule is Cc1c(-c2ccnn2-c2ccc(C#N)cc2)c(=O)n(CCCCCOC(N)=O)c(=O)n1C(F)(F)F. The highest BCUT2D eigenvalue weighted by Gasteiger charge is 2.37. The van der Waals surface area contributed by atoms with E-state index in [1.54, 1.807) is 0 Å². The van der Waals surface area contributed by atoms with E-state index in [1.165, 1.54) is 41.2 Å². The summed E-state index contributed by atoms with van der Waals surface area (Å²) >= 11 is 0. The molecule has 0 atom stereocenters. The number of carbonyl (C=O) groups is 1. The van der Waals surface area contributed by atoms with Crippen LogP contribution in [0.25, 0.3) is 16.9 Å². The van der Waals surface area contributed by atoms with Crippen molar-refractivity contribution in [2.24, 2.45) is 5.73 Å². The molecule has 13 heteroatoms. The van der Waals surface area contributed by atoms with Gasteiger partial charge in [0.25, 0.3) is 5.56 Å². The Hall–Kier alpha value is -4.34.